The first-order valence-electron chi connectivity index (χ1n) is 12.3. The molecule has 36 heavy (non-hydrogen) atoms. The average molecular weight is 501 g/mol. The van der Waals surface area contributed by atoms with Crippen LogP contribution in [0.15, 0.2) is 65.4 Å². The van der Waals surface area contributed by atoms with Gasteiger partial charge in [0, 0.05) is 37.7 Å². The molecule has 0 bridgehead atoms. The first-order valence-corrected chi connectivity index (χ1v) is 14.1. The van der Waals surface area contributed by atoms with Crippen LogP contribution in [0.4, 0.5) is 0 Å². The number of hydrogen-bond acceptors (Lipinski definition) is 2. The first-order chi connectivity index (χ1) is 17.8. The van der Waals surface area contributed by atoms with Crippen LogP contribution in [0, 0.1) is 24.7 Å². The second kappa shape index (κ2) is 8.45. The molecule has 4 aromatic heterocycles. The summed E-state index contributed by atoms with van der Waals surface area (Å²) in [4.78, 5) is 2.71. The molecular formula is C32H24N2S2. The van der Waals surface area contributed by atoms with Crippen LogP contribution in [0.5, 0.6) is 0 Å². The smallest absolute Gasteiger partial charge is 0.0838 e. The van der Waals surface area contributed by atoms with Gasteiger partial charge in [-0.3, -0.25) is 0 Å². The van der Waals surface area contributed by atoms with E-state index in [1.54, 1.807) is 0 Å². The highest BCUT2D eigenvalue weighted by molar-refractivity contribution is 7.10. The molecule has 174 valence electrons. The molecule has 4 heterocycles. The fourth-order valence-electron chi connectivity index (χ4n) is 6.47. The summed E-state index contributed by atoms with van der Waals surface area (Å²) in [5, 5.41) is 5.67. The third-order valence-corrected chi connectivity index (χ3v) is 9.53. The van der Waals surface area contributed by atoms with E-state index in [-0.39, 0.29) is 11.8 Å². The molecule has 0 saturated heterocycles. The molecule has 5 aromatic rings. The molecule has 2 nitrogen and oxygen atoms in total. The zero-order valence-electron chi connectivity index (χ0n) is 19.8. The summed E-state index contributed by atoms with van der Waals surface area (Å²) in [6, 6.07) is 17.7. The average Bonchev–Trinajstić information content (AvgIpc) is 3.71. The van der Waals surface area contributed by atoms with E-state index in [0.717, 1.165) is 12.8 Å². The molecule has 0 fully saturated rings. The number of benzene rings is 1. The highest BCUT2D eigenvalue weighted by Gasteiger charge is 2.44. The Bertz CT molecular complexity index is 1710. The molecule has 2 unspecified atom stereocenters. The normalized spacial score (nSPS) is 17.8. The second-order valence-corrected chi connectivity index (χ2v) is 11.4. The van der Waals surface area contributed by atoms with Crippen molar-refractivity contribution < 1.29 is 0 Å². The van der Waals surface area contributed by atoms with E-state index in [1.807, 2.05) is 22.7 Å². The third-order valence-electron chi connectivity index (χ3n) is 7.66. The Morgan fingerprint density at radius 3 is 2.17 bits per heavy atom. The van der Waals surface area contributed by atoms with Crippen molar-refractivity contribution in [2.75, 3.05) is 0 Å². The van der Waals surface area contributed by atoms with Crippen LogP contribution in [0.2, 0.25) is 0 Å². The van der Waals surface area contributed by atoms with Crippen LogP contribution in [0.3, 0.4) is 0 Å². The van der Waals surface area contributed by atoms with Gasteiger partial charge in [-0.1, -0.05) is 48.2 Å². The van der Waals surface area contributed by atoms with Crippen molar-refractivity contribution in [2.45, 2.75) is 37.8 Å². The van der Waals surface area contributed by atoms with E-state index in [9.17, 15) is 0 Å². The minimum atomic E-state index is 0.113. The Morgan fingerprint density at radius 1 is 0.806 bits per heavy atom. The molecule has 0 aliphatic heterocycles. The minimum Gasteiger partial charge on any atom is -0.332 e. The van der Waals surface area contributed by atoms with Gasteiger partial charge in [-0.2, -0.15) is 0 Å². The van der Waals surface area contributed by atoms with E-state index in [2.05, 4.69) is 92.4 Å². The summed E-state index contributed by atoms with van der Waals surface area (Å²) in [5.41, 5.74) is 9.48. The lowest BCUT2D eigenvalue weighted by molar-refractivity contribution is 0.685. The minimum absolute atomic E-state index is 0.113. The summed E-state index contributed by atoms with van der Waals surface area (Å²) in [5.74, 6) is 6.19. The standard InChI is InChI=1S/C32H24N2S2/c1-3-17-33-23-13-7-5-11-21(23)27-30(26-16-10-20-36-26)32-28(29(31(27)33)25-15-9-19-35-25)22-12-6-8-14-24(22)34(32)18-4-2/h1-2,5,7-11,13-16,19-20,29-30H,6,12,17-18H2. The van der Waals surface area contributed by atoms with Crippen molar-refractivity contribution in [3.05, 3.63) is 109 Å². The lowest BCUT2D eigenvalue weighted by Gasteiger charge is -2.32. The number of hydrogen-bond donors (Lipinski definition) is 0. The van der Waals surface area contributed by atoms with Gasteiger partial charge >= 0.3 is 0 Å². The molecule has 7 rings (SSSR count). The summed E-state index contributed by atoms with van der Waals surface area (Å²) in [6.07, 6.45) is 18.7. The van der Waals surface area contributed by atoms with Crippen molar-refractivity contribution >= 4 is 39.7 Å². The highest BCUT2D eigenvalue weighted by atomic mass is 32.1. The fraction of sp³-hybridized carbons (Fsp3) is 0.188. The van der Waals surface area contributed by atoms with E-state index < -0.39 is 0 Å². The van der Waals surface area contributed by atoms with Crippen LogP contribution in [0.1, 0.15) is 61.8 Å². The van der Waals surface area contributed by atoms with Gasteiger partial charge in [0.2, 0.25) is 0 Å². The molecule has 0 N–H and O–H groups in total. The van der Waals surface area contributed by atoms with Gasteiger partial charge in [0.15, 0.2) is 0 Å². The largest absolute Gasteiger partial charge is 0.332 e. The van der Waals surface area contributed by atoms with Gasteiger partial charge in [0.05, 0.1) is 24.9 Å². The van der Waals surface area contributed by atoms with E-state index >= 15 is 0 Å². The first kappa shape index (κ1) is 21.6. The molecule has 2 aliphatic carbocycles. The van der Waals surface area contributed by atoms with Crippen LogP contribution in [0.25, 0.3) is 17.0 Å². The van der Waals surface area contributed by atoms with Crippen LogP contribution < -0.4 is 0 Å². The summed E-state index contributed by atoms with van der Waals surface area (Å²) >= 11 is 3.66. The van der Waals surface area contributed by atoms with E-state index in [4.69, 9.17) is 12.8 Å². The summed E-state index contributed by atoms with van der Waals surface area (Å²) in [6.45, 7) is 1.12. The molecule has 2 atom stereocenters. The second-order valence-electron chi connectivity index (χ2n) is 9.40. The quantitative estimate of drug-likeness (QED) is 0.222. The molecule has 4 heteroatoms. The maximum Gasteiger partial charge on any atom is 0.0838 e. The molecule has 0 spiro atoms. The maximum atomic E-state index is 5.99. The van der Waals surface area contributed by atoms with Gasteiger partial charge in [0.1, 0.15) is 0 Å². The Labute approximate surface area is 219 Å². The predicted octanol–water partition coefficient (Wildman–Crippen LogP) is 7.47. The summed E-state index contributed by atoms with van der Waals surface area (Å²) in [7, 11) is 0. The van der Waals surface area contributed by atoms with Gasteiger partial charge < -0.3 is 9.13 Å². The van der Waals surface area contributed by atoms with Gasteiger partial charge in [-0.15, -0.1) is 35.5 Å². The lowest BCUT2D eigenvalue weighted by Crippen LogP contribution is -2.23. The van der Waals surface area contributed by atoms with Crippen LogP contribution in [-0.2, 0) is 19.5 Å². The van der Waals surface area contributed by atoms with Gasteiger partial charge in [-0.25, -0.2) is 0 Å². The number of thiophene rings is 2. The van der Waals surface area contributed by atoms with Crippen molar-refractivity contribution in [2.24, 2.45) is 0 Å². The number of terminal acetylenes is 2. The molecule has 0 radical (unpaired) electrons. The number of fused-ring (bicyclic) bond motifs is 6. The topological polar surface area (TPSA) is 9.86 Å². The SMILES string of the molecule is C#CCn1c2c(c3c1C(c1cccs1)c1c(n(CC#C)c4ccccc14)C3c1cccs1)CCC=C2. The summed E-state index contributed by atoms with van der Waals surface area (Å²) < 4.78 is 4.84. The Balaban J connectivity index is 1.69. The van der Waals surface area contributed by atoms with Crippen molar-refractivity contribution in [3.8, 4) is 24.7 Å². The number of rotatable bonds is 4. The van der Waals surface area contributed by atoms with Crippen LogP contribution in [-0.4, -0.2) is 9.13 Å². The van der Waals surface area contributed by atoms with Gasteiger partial charge in [-0.05, 0) is 64.6 Å². The molecule has 0 saturated carbocycles. The zero-order chi connectivity index (χ0) is 24.2. The Hall–Kier alpha value is -3.70. The lowest BCUT2D eigenvalue weighted by atomic mass is 9.74. The monoisotopic (exact) mass is 500 g/mol. The zero-order valence-corrected chi connectivity index (χ0v) is 21.4. The van der Waals surface area contributed by atoms with Crippen molar-refractivity contribution in [3.63, 3.8) is 0 Å². The number of nitrogens with zero attached hydrogens (tertiary/aromatic N) is 2. The van der Waals surface area contributed by atoms with Crippen molar-refractivity contribution in [1.29, 1.82) is 0 Å². The Morgan fingerprint density at radius 2 is 1.47 bits per heavy atom. The molecule has 2 aliphatic rings. The van der Waals surface area contributed by atoms with E-state index in [1.165, 1.54) is 54.4 Å². The van der Waals surface area contributed by atoms with E-state index in [0.29, 0.717) is 13.1 Å². The molecule has 0 amide bonds. The van der Waals surface area contributed by atoms with Crippen LogP contribution >= 0.6 is 22.7 Å². The fourth-order valence-corrected chi connectivity index (χ4v) is 8.14. The predicted molar refractivity (Wildman–Crippen MR) is 152 cm³/mol. The number of aromatic nitrogens is 2. The molecule has 1 aromatic carbocycles. The number of allylic oxidation sites excluding steroid dienone is 1. The van der Waals surface area contributed by atoms with Gasteiger partial charge in [0.25, 0.3) is 0 Å². The highest BCUT2D eigenvalue weighted by Crippen LogP contribution is 2.56. The number of para-hydroxylation sites is 1. The Kier molecular flexibility index (Phi) is 5.07. The molecular weight excluding hydrogens is 477 g/mol. The van der Waals surface area contributed by atoms with Crippen molar-refractivity contribution in [1.82, 2.24) is 9.13 Å². The maximum absolute atomic E-state index is 5.99. The third kappa shape index (κ3) is 2.93.